The zero-order valence-electron chi connectivity index (χ0n) is 7.60. The highest BCUT2D eigenvalue weighted by Crippen LogP contribution is 2.11. The molecule has 0 heterocycles. The Hall–Kier alpha value is -1.98. The number of benzene rings is 1. The largest absolute Gasteiger partial charge is 0.273 e. The van der Waals surface area contributed by atoms with Gasteiger partial charge in [0.15, 0.2) is 0 Å². The Balaban J connectivity index is 2.30. The third-order valence-corrected chi connectivity index (χ3v) is 2.01. The van der Waals surface area contributed by atoms with Crippen LogP contribution in [-0.2, 0) is 0 Å². The number of carbonyl (C=O) groups is 1. The maximum atomic E-state index is 11.8. The van der Waals surface area contributed by atoms with Crippen molar-refractivity contribution in [2.75, 3.05) is 0 Å². The van der Waals surface area contributed by atoms with Crippen LogP contribution in [0.4, 0.5) is 0 Å². The Bertz CT molecular complexity index is 422. The highest BCUT2D eigenvalue weighted by Gasteiger charge is 2.15. The fourth-order valence-corrected chi connectivity index (χ4v) is 1.29. The van der Waals surface area contributed by atoms with Gasteiger partial charge >= 0.3 is 0 Å². The zero-order chi connectivity index (χ0) is 9.80. The van der Waals surface area contributed by atoms with Crippen molar-refractivity contribution >= 4 is 5.78 Å². The molecule has 0 atom stereocenters. The van der Waals surface area contributed by atoms with E-state index in [1.54, 1.807) is 18.2 Å². The maximum absolute atomic E-state index is 11.8. The molecule has 1 aliphatic carbocycles. The smallest absolute Gasteiger partial charge is 0.248 e. The van der Waals surface area contributed by atoms with Crippen LogP contribution in [0.15, 0.2) is 60.2 Å². The average Bonchev–Trinajstić information content (AvgIpc) is 2.30. The molecule has 1 aromatic carbocycles. The molecule has 1 heteroatoms. The van der Waals surface area contributed by atoms with E-state index in [1.807, 2.05) is 36.4 Å². The van der Waals surface area contributed by atoms with Gasteiger partial charge in [-0.25, -0.2) is 0 Å². The maximum Gasteiger partial charge on any atom is 0.248 e. The fourth-order valence-electron chi connectivity index (χ4n) is 1.29. The van der Waals surface area contributed by atoms with Gasteiger partial charge in [0.25, 0.3) is 0 Å². The molecule has 0 aliphatic heterocycles. The van der Waals surface area contributed by atoms with E-state index >= 15 is 0 Å². The summed E-state index contributed by atoms with van der Waals surface area (Å²) in [5.41, 5.74) is 1.39. The van der Waals surface area contributed by atoms with E-state index in [0.29, 0.717) is 11.1 Å². The highest BCUT2D eigenvalue weighted by atomic mass is 16.1. The van der Waals surface area contributed by atoms with Gasteiger partial charge in [-0.05, 0) is 12.1 Å². The Morgan fingerprint density at radius 3 is 2.57 bits per heavy atom. The van der Waals surface area contributed by atoms with Crippen molar-refractivity contribution in [3.05, 3.63) is 71.8 Å². The van der Waals surface area contributed by atoms with Crippen LogP contribution in [0.25, 0.3) is 0 Å². The van der Waals surface area contributed by atoms with Crippen molar-refractivity contribution in [2.24, 2.45) is 0 Å². The molecule has 14 heavy (non-hydrogen) atoms. The fraction of sp³-hybridized carbons (Fsp3) is 0. The SMILES string of the molecule is O=C(C1=CC=C[C+]=C1)c1ccccc1. The predicted octanol–water partition coefficient (Wildman–Crippen LogP) is 2.72. The number of rotatable bonds is 2. The highest BCUT2D eigenvalue weighted by molar-refractivity contribution is 6.10. The van der Waals surface area contributed by atoms with Crippen LogP contribution >= 0.6 is 0 Å². The van der Waals surface area contributed by atoms with Crippen LogP contribution in [0.3, 0.4) is 0 Å². The molecule has 1 nitrogen and oxygen atoms in total. The van der Waals surface area contributed by atoms with Gasteiger partial charge in [-0.1, -0.05) is 18.2 Å². The summed E-state index contributed by atoms with van der Waals surface area (Å²) in [6.07, 6.45) is 9.99. The quantitative estimate of drug-likeness (QED) is 0.506. The van der Waals surface area contributed by atoms with Crippen LogP contribution in [-0.4, -0.2) is 5.78 Å². The summed E-state index contributed by atoms with van der Waals surface area (Å²) in [6, 6.07) is 9.25. The first-order valence-corrected chi connectivity index (χ1v) is 4.44. The minimum Gasteiger partial charge on any atom is -0.273 e. The topological polar surface area (TPSA) is 17.1 Å². The monoisotopic (exact) mass is 181 g/mol. The molecule has 0 bridgehead atoms. The first-order chi connectivity index (χ1) is 6.88. The van der Waals surface area contributed by atoms with Gasteiger partial charge in [0.1, 0.15) is 17.7 Å². The number of hydrogen-bond donors (Lipinski definition) is 0. The van der Waals surface area contributed by atoms with E-state index in [2.05, 4.69) is 6.08 Å². The van der Waals surface area contributed by atoms with Crippen molar-refractivity contribution in [1.29, 1.82) is 0 Å². The summed E-state index contributed by atoms with van der Waals surface area (Å²) in [5.74, 6) is 0.0439. The van der Waals surface area contributed by atoms with E-state index in [4.69, 9.17) is 0 Å². The van der Waals surface area contributed by atoms with Gasteiger partial charge in [-0.2, -0.15) is 0 Å². The summed E-state index contributed by atoms with van der Waals surface area (Å²) >= 11 is 0. The molecule has 2 rings (SSSR count). The van der Waals surface area contributed by atoms with E-state index in [9.17, 15) is 4.79 Å². The molecule has 0 fully saturated rings. The molecule has 0 unspecified atom stereocenters. The first kappa shape index (κ1) is 8.61. The Labute approximate surface area is 83.1 Å². The summed E-state index contributed by atoms with van der Waals surface area (Å²) in [7, 11) is 0. The lowest BCUT2D eigenvalue weighted by atomic mass is 10.0. The lowest BCUT2D eigenvalue weighted by Gasteiger charge is -1.95. The van der Waals surface area contributed by atoms with Crippen molar-refractivity contribution in [3.8, 4) is 0 Å². The number of hydrogen-bond acceptors (Lipinski definition) is 1. The van der Waals surface area contributed by atoms with Gasteiger partial charge in [0.05, 0.1) is 6.08 Å². The van der Waals surface area contributed by atoms with Crippen molar-refractivity contribution in [3.63, 3.8) is 0 Å². The molecule has 1 aromatic rings. The van der Waals surface area contributed by atoms with E-state index < -0.39 is 0 Å². The summed E-state index contributed by atoms with van der Waals surface area (Å²) < 4.78 is 0. The van der Waals surface area contributed by atoms with Gasteiger partial charge in [-0.15, -0.1) is 0 Å². The molecule has 0 spiro atoms. The minimum atomic E-state index is 0.0439. The molecular formula is C13H9O+. The summed E-state index contributed by atoms with van der Waals surface area (Å²) in [4.78, 5) is 11.8. The summed E-state index contributed by atoms with van der Waals surface area (Å²) in [5, 5.41) is 0. The normalized spacial score (nSPS) is 13.3. The standard InChI is InChI=1S/C13H9O/c14-13(11-7-3-1-4-8-11)12-9-5-2-6-10-12/h1-5,7-10H/q+1. The van der Waals surface area contributed by atoms with Gasteiger partial charge < -0.3 is 0 Å². The van der Waals surface area contributed by atoms with Gasteiger partial charge in [0.2, 0.25) is 5.78 Å². The number of allylic oxidation sites excluding steroid dienone is 6. The van der Waals surface area contributed by atoms with Crippen LogP contribution < -0.4 is 0 Å². The molecule has 0 aromatic heterocycles. The van der Waals surface area contributed by atoms with Gasteiger partial charge in [-0.3, -0.25) is 4.79 Å². The molecule has 66 valence electrons. The predicted molar refractivity (Wildman–Crippen MR) is 55.8 cm³/mol. The lowest BCUT2D eigenvalue weighted by Crippen LogP contribution is -2.01. The number of ketones is 1. The molecular weight excluding hydrogens is 172 g/mol. The van der Waals surface area contributed by atoms with E-state index in [0.717, 1.165) is 0 Å². The number of Topliss-reactive ketones (excluding diaryl/α,β-unsaturated/α-hetero) is 1. The Morgan fingerprint density at radius 1 is 1.14 bits per heavy atom. The summed E-state index contributed by atoms with van der Waals surface area (Å²) in [6.45, 7) is 0. The third kappa shape index (κ3) is 1.68. The number of carbonyl (C=O) groups excluding carboxylic acids is 1. The second-order valence-corrected chi connectivity index (χ2v) is 2.99. The van der Waals surface area contributed by atoms with E-state index in [1.165, 1.54) is 0 Å². The second-order valence-electron chi connectivity index (χ2n) is 2.99. The Morgan fingerprint density at radius 2 is 1.93 bits per heavy atom. The van der Waals surface area contributed by atoms with Crippen LogP contribution in [0, 0.1) is 6.08 Å². The first-order valence-electron chi connectivity index (χ1n) is 4.44. The third-order valence-electron chi connectivity index (χ3n) is 2.01. The molecule has 0 saturated carbocycles. The van der Waals surface area contributed by atoms with Crippen molar-refractivity contribution in [2.45, 2.75) is 0 Å². The van der Waals surface area contributed by atoms with Crippen molar-refractivity contribution in [1.82, 2.24) is 0 Å². The minimum absolute atomic E-state index is 0.0439. The van der Waals surface area contributed by atoms with Crippen LogP contribution in [0.1, 0.15) is 10.4 Å². The van der Waals surface area contributed by atoms with Crippen LogP contribution in [0.5, 0.6) is 0 Å². The lowest BCUT2D eigenvalue weighted by molar-refractivity contribution is 0.103. The van der Waals surface area contributed by atoms with Crippen LogP contribution in [0.2, 0.25) is 0 Å². The second kappa shape index (κ2) is 3.82. The zero-order valence-corrected chi connectivity index (χ0v) is 7.60. The molecule has 0 amide bonds. The molecule has 0 saturated heterocycles. The molecule has 0 radical (unpaired) electrons. The average molecular weight is 181 g/mol. The van der Waals surface area contributed by atoms with E-state index in [-0.39, 0.29) is 5.78 Å². The molecule has 0 N–H and O–H groups in total. The van der Waals surface area contributed by atoms with Crippen molar-refractivity contribution < 1.29 is 4.79 Å². The Kier molecular flexibility index (Phi) is 2.35. The molecule has 1 aliphatic rings. The van der Waals surface area contributed by atoms with Gasteiger partial charge in [0, 0.05) is 17.7 Å².